The summed E-state index contributed by atoms with van der Waals surface area (Å²) < 4.78 is 9.88. The van der Waals surface area contributed by atoms with E-state index in [1.54, 1.807) is 0 Å². The molecule has 1 fully saturated rings. The van der Waals surface area contributed by atoms with Crippen LogP contribution < -0.4 is 0 Å². The monoisotopic (exact) mass is 186 g/mol. The molecule has 1 atom stereocenters. The predicted octanol–water partition coefficient (Wildman–Crippen LogP) is 1.61. The largest absolute Gasteiger partial charge is 0.469 e. The number of hydrogen-bond acceptors (Lipinski definition) is 3. The van der Waals surface area contributed by atoms with E-state index in [4.69, 9.17) is 9.47 Å². The molecule has 0 saturated carbocycles. The molecule has 1 unspecified atom stereocenters. The second kappa shape index (κ2) is 4.09. The minimum absolute atomic E-state index is 0.0406. The number of rotatable bonds is 4. The predicted molar refractivity (Wildman–Crippen MR) is 49.3 cm³/mol. The van der Waals surface area contributed by atoms with E-state index in [-0.39, 0.29) is 17.3 Å². The topological polar surface area (TPSA) is 35.5 Å². The van der Waals surface area contributed by atoms with E-state index in [1.807, 2.05) is 6.92 Å². The van der Waals surface area contributed by atoms with E-state index in [2.05, 4.69) is 6.92 Å². The lowest BCUT2D eigenvalue weighted by molar-refractivity contribution is -0.153. The van der Waals surface area contributed by atoms with Crippen LogP contribution in [0.3, 0.4) is 0 Å². The van der Waals surface area contributed by atoms with Crippen LogP contribution in [0.4, 0.5) is 0 Å². The van der Waals surface area contributed by atoms with Gasteiger partial charge in [0.2, 0.25) is 0 Å². The summed E-state index contributed by atoms with van der Waals surface area (Å²) in [5.41, 5.74) is 0.203. The molecule has 1 heterocycles. The van der Waals surface area contributed by atoms with Crippen molar-refractivity contribution in [3.8, 4) is 0 Å². The average Bonchev–Trinajstić information content (AvgIpc) is 2.10. The molecular weight excluding hydrogens is 168 g/mol. The first-order valence-electron chi connectivity index (χ1n) is 4.77. The Balaban J connectivity index is 2.43. The molecule has 0 amide bonds. The third kappa shape index (κ3) is 2.44. The van der Waals surface area contributed by atoms with Crippen molar-refractivity contribution in [2.75, 3.05) is 20.3 Å². The fourth-order valence-corrected chi connectivity index (χ4v) is 1.72. The molecule has 0 bridgehead atoms. The number of esters is 1. The van der Waals surface area contributed by atoms with Gasteiger partial charge in [-0.05, 0) is 12.8 Å². The lowest BCUT2D eigenvalue weighted by Crippen LogP contribution is -2.42. The smallest absolute Gasteiger partial charge is 0.308 e. The Labute approximate surface area is 79.4 Å². The molecule has 0 aromatic rings. The fraction of sp³-hybridized carbons (Fsp3) is 0.900. The van der Waals surface area contributed by atoms with Crippen molar-refractivity contribution in [3.05, 3.63) is 0 Å². The highest BCUT2D eigenvalue weighted by molar-refractivity contribution is 5.72. The number of carbonyl (C=O) groups is 1. The lowest BCUT2D eigenvalue weighted by atomic mass is 9.78. The Morgan fingerprint density at radius 1 is 1.62 bits per heavy atom. The Bertz CT molecular complexity index is 185. The van der Waals surface area contributed by atoms with Crippen molar-refractivity contribution in [1.82, 2.24) is 0 Å². The number of carbonyl (C=O) groups excluding carboxylic acids is 1. The summed E-state index contributed by atoms with van der Waals surface area (Å²) in [5, 5.41) is 0. The minimum Gasteiger partial charge on any atom is -0.469 e. The van der Waals surface area contributed by atoms with Crippen molar-refractivity contribution >= 4 is 5.97 Å². The Morgan fingerprint density at radius 3 is 2.54 bits per heavy atom. The zero-order chi connectivity index (χ0) is 9.90. The first-order valence-corrected chi connectivity index (χ1v) is 4.77. The normalized spacial score (nSPS) is 21.8. The van der Waals surface area contributed by atoms with Gasteiger partial charge in [0.25, 0.3) is 0 Å². The lowest BCUT2D eigenvalue weighted by Gasteiger charge is -2.39. The second-order valence-electron chi connectivity index (χ2n) is 4.14. The van der Waals surface area contributed by atoms with Gasteiger partial charge in [-0.2, -0.15) is 0 Å². The van der Waals surface area contributed by atoms with Crippen LogP contribution in [0.15, 0.2) is 0 Å². The Hall–Kier alpha value is -0.570. The highest BCUT2D eigenvalue weighted by Crippen LogP contribution is 2.35. The molecular formula is C10H18O3. The maximum atomic E-state index is 11.3. The van der Waals surface area contributed by atoms with Crippen LogP contribution in [0.5, 0.6) is 0 Å². The zero-order valence-electron chi connectivity index (χ0n) is 8.63. The zero-order valence-corrected chi connectivity index (χ0v) is 8.63. The molecule has 13 heavy (non-hydrogen) atoms. The summed E-state index contributed by atoms with van der Waals surface area (Å²) in [6.07, 6.45) is 1.73. The van der Waals surface area contributed by atoms with Gasteiger partial charge in [-0.25, -0.2) is 0 Å². The molecule has 0 aromatic carbocycles. The number of methoxy groups -OCH3 is 1. The molecule has 1 rings (SSSR count). The van der Waals surface area contributed by atoms with E-state index >= 15 is 0 Å². The Kier molecular flexibility index (Phi) is 3.31. The van der Waals surface area contributed by atoms with Gasteiger partial charge in [0, 0.05) is 5.41 Å². The van der Waals surface area contributed by atoms with Gasteiger partial charge in [0.05, 0.1) is 26.2 Å². The summed E-state index contributed by atoms with van der Waals surface area (Å²) in [6, 6.07) is 0. The van der Waals surface area contributed by atoms with Crippen LogP contribution in [-0.2, 0) is 14.3 Å². The van der Waals surface area contributed by atoms with Gasteiger partial charge in [-0.15, -0.1) is 0 Å². The standard InChI is InChI=1S/C10H18O3/c1-4-8(9(11)12-3)5-10(2)6-13-7-10/h8H,4-7H2,1-3H3. The SMILES string of the molecule is CCC(CC1(C)COC1)C(=O)OC. The molecule has 1 aliphatic rings. The van der Waals surface area contributed by atoms with Crippen molar-refractivity contribution in [3.63, 3.8) is 0 Å². The number of hydrogen-bond donors (Lipinski definition) is 0. The summed E-state index contributed by atoms with van der Waals surface area (Å²) >= 11 is 0. The highest BCUT2D eigenvalue weighted by Gasteiger charge is 2.37. The van der Waals surface area contributed by atoms with Gasteiger partial charge in [0.15, 0.2) is 0 Å². The van der Waals surface area contributed by atoms with Gasteiger partial charge >= 0.3 is 5.97 Å². The first kappa shape index (κ1) is 10.5. The quantitative estimate of drug-likeness (QED) is 0.626. The van der Waals surface area contributed by atoms with E-state index in [9.17, 15) is 4.79 Å². The van der Waals surface area contributed by atoms with Crippen LogP contribution in [0.2, 0.25) is 0 Å². The van der Waals surface area contributed by atoms with E-state index in [0.717, 1.165) is 26.1 Å². The van der Waals surface area contributed by atoms with E-state index in [1.165, 1.54) is 7.11 Å². The molecule has 0 spiro atoms. The van der Waals surface area contributed by atoms with Crippen molar-refractivity contribution in [1.29, 1.82) is 0 Å². The third-order valence-corrected chi connectivity index (χ3v) is 2.67. The molecule has 3 nitrogen and oxygen atoms in total. The number of ether oxygens (including phenoxy) is 2. The molecule has 0 N–H and O–H groups in total. The van der Waals surface area contributed by atoms with Crippen LogP contribution in [0.1, 0.15) is 26.7 Å². The molecule has 0 radical (unpaired) electrons. The van der Waals surface area contributed by atoms with Gasteiger partial charge in [-0.1, -0.05) is 13.8 Å². The molecule has 0 aromatic heterocycles. The molecule has 76 valence electrons. The summed E-state index contributed by atoms with van der Waals surface area (Å²) in [6.45, 7) is 5.73. The van der Waals surface area contributed by atoms with Crippen molar-refractivity contribution < 1.29 is 14.3 Å². The van der Waals surface area contributed by atoms with Crippen LogP contribution in [0.25, 0.3) is 0 Å². The highest BCUT2D eigenvalue weighted by atomic mass is 16.5. The average molecular weight is 186 g/mol. The third-order valence-electron chi connectivity index (χ3n) is 2.67. The van der Waals surface area contributed by atoms with Crippen LogP contribution in [-0.4, -0.2) is 26.3 Å². The van der Waals surface area contributed by atoms with Crippen LogP contribution >= 0.6 is 0 Å². The van der Waals surface area contributed by atoms with Crippen molar-refractivity contribution in [2.45, 2.75) is 26.7 Å². The van der Waals surface area contributed by atoms with Gasteiger partial charge in [0.1, 0.15) is 0 Å². The molecule has 3 heteroatoms. The van der Waals surface area contributed by atoms with Gasteiger partial charge in [-0.3, -0.25) is 4.79 Å². The molecule has 1 aliphatic heterocycles. The maximum Gasteiger partial charge on any atom is 0.308 e. The second-order valence-corrected chi connectivity index (χ2v) is 4.14. The van der Waals surface area contributed by atoms with Gasteiger partial charge < -0.3 is 9.47 Å². The fourth-order valence-electron chi connectivity index (χ4n) is 1.72. The Morgan fingerprint density at radius 2 is 2.23 bits per heavy atom. The molecule has 0 aliphatic carbocycles. The maximum absolute atomic E-state index is 11.3. The van der Waals surface area contributed by atoms with E-state index < -0.39 is 0 Å². The van der Waals surface area contributed by atoms with Crippen molar-refractivity contribution in [2.24, 2.45) is 11.3 Å². The summed E-state index contributed by atoms with van der Waals surface area (Å²) in [4.78, 5) is 11.3. The minimum atomic E-state index is -0.0874. The molecule has 1 saturated heterocycles. The first-order chi connectivity index (χ1) is 6.11. The summed E-state index contributed by atoms with van der Waals surface area (Å²) in [5.74, 6) is -0.0467. The summed E-state index contributed by atoms with van der Waals surface area (Å²) in [7, 11) is 1.45. The van der Waals surface area contributed by atoms with E-state index in [0.29, 0.717) is 0 Å². The van der Waals surface area contributed by atoms with Crippen LogP contribution in [0, 0.1) is 11.3 Å².